The number of Topliss-reactive ketones (excluding diaryl/α,β-unsaturated/α-hetero) is 1. The predicted octanol–water partition coefficient (Wildman–Crippen LogP) is 6.19. The summed E-state index contributed by atoms with van der Waals surface area (Å²) in [5.74, 6) is 1.09. The van der Waals surface area contributed by atoms with Gasteiger partial charge in [0.1, 0.15) is 35.7 Å². The average molecular weight is 638 g/mol. The molecule has 5 rings (SSSR count). The highest BCUT2D eigenvalue weighted by Gasteiger charge is 2.45. The van der Waals surface area contributed by atoms with Gasteiger partial charge < -0.3 is 19.3 Å². The molecule has 1 fully saturated rings. The molecule has 0 spiro atoms. The quantitative estimate of drug-likeness (QED) is 0.294. The van der Waals surface area contributed by atoms with Gasteiger partial charge in [-0.05, 0) is 68.3 Å². The topological polar surface area (TPSA) is 91.8 Å². The van der Waals surface area contributed by atoms with E-state index in [0.717, 1.165) is 11.1 Å². The van der Waals surface area contributed by atoms with Crippen molar-refractivity contribution in [3.63, 3.8) is 0 Å². The highest BCUT2D eigenvalue weighted by Crippen LogP contribution is 2.46. The average Bonchev–Trinajstić information content (AvgIpc) is 3.38. The molecule has 0 unspecified atom stereocenters. The lowest BCUT2D eigenvalue weighted by molar-refractivity contribution is -0.138. The Bertz CT molecular complexity index is 1580. The zero-order valence-corrected chi connectivity index (χ0v) is 26.5. The van der Waals surface area contributed by atoms with E-state index in [2.05, 4.69) is 0 Å². The van der Waals surface area contributed by atoms with Crippen LogP contribution in [0.4, 0.5) is 4.79 Å². The lowest BCUT2D eigenvalue weighted by Gasteiger charge is -2.38. The molecule has 0 bridgehead atoms. The molecule has 0 radical (unpaired) electrons. The number of methoxy groups -OCH3 is 1. The van der Waals surface area contributed by atoms with Crippen molar-refractivity contribution in [3.05, 3.63) is 93.5 Å². The molecule has 3 amide bonds. The molecule has 3 aromatic rings. The van der Waals surface area contributed by atoms with Gasteiger partial charge >= 0.3 is 6.03 Å². The number of ether oxygens (including phenoxy) is 2. The fourth-order valence-corrected chi connectivity index (χ4v) is 5.73. The van der Waals surface area contributed by atoms with Crippen LogP contribution in [0.5, 0.6) is 11.5 Å². The molecule has 3 aromatic carbocycles. The third kappa shape index (κ3) is 6.69. The zero-order chi connectivity index (χ0) is 31.5. The number of hydrogen-bond acceptors (Lipinski definition) is 6. The second kappa shape index (κ2) is 13.3. The first-order valence-corrected chi connectivity index (χ1v) is 15.1. The van der Waals surface area contributed by atoms with Gasteiger partial charge in [-0.1, -0.05) is 47.5 Å². The number of hydrogen-bond donors (Lipinski definition) is 0. The number of nitrogens with zero attached hydrogens (tertiary/aromatic N) is 4. The Labute approximate surface area is 267 Å². The normalized spacial score (nSPS) is 18.5. The number of halogens is 2. The fourth-order valence-electron chi connectivity index (χ4n) is 5.48. The van der Waals surface area contributed by atoms with Crippen LogP contribution in [0.25, 0.3) is 0 Å². The van der Waals surface area contributed by atoms with E-state index in [1.807, 2.05) is 44.2 Å². The van der Waals surface area contributed by atoms with E-state index < -0.39 is 12.1 Å². The summed E-state index contributed by atoms with van der Waals surface area (Å²) in [4.78, 5) is 49.2. The van der Waals surface area contributed by atoms with Crippen molar-refractivity contribution < 1.29 is 23.9 Å². The predicted molar refractivity (Wildman–Crippen MR) is 170 cm³/mol. The zero-order valence-electron chi connectivity index (χ0n) is 25.0. The molecule has 44 heavy (non-hydrogen) atoms. The number of amides is 3. The maximum atomic E-state index is 14.6. The highest BCUT2D eigenvalue weighted by atomic mass is 35.5. The summed E-state index contributed by atoms with van der Waals surface area (Å²) < 4.78 is 11.7. The third-order valence-electron chi connectivity index (χ3n) is 7.49. The first-order valence-electron chi connectivity index (χ1n) is 14.3. The van der Waals surface area contributed by atoms with E-state index in [1.54, 1.807) is 48.4 Å². The molecule has 2 atom stereocenters. The molecule has 230 valence electrons. The Hall–Kier alpha value is -4.08. The lowest BCUT2D eigenvalue weighted by atomic mass is 9.93. The molecule has 2 heterocycles. The Balaban J connectivity index is 1.65. The van der Waals surface area contributed by atoms with Crippen molar-refractivity contribution in [1.82, 2.24) is 14.7 Å². The second-order valence-corrected chi connectivity index (χ2v) is 11.9. The van der Waals surface area contributed by atoms with E-state index in [1.165, 1.54) is 16.7 Å². The van der Waals surface area contributed by atoms with E-state index in [9.17, 15) is 14.4 Å². The van der Waals surface area contributed by atoms with Crippen molar-refractivity contribution in [1.29, 1.82) is 0 Å². The number of urea groups is 1. The molecular formula is C33H34Cl2N4O5. The van der Waals surface area contributed by atoms with Crippen molar-refractivity contribution in [3.8, 4) is 11.5 Å². The van der Waals surface area contributed by atoms with E-state index in [4.69, 9.17) is 37.7 Å². The van der Waals surface area contributed by atoms with Crippen LogP contribution < -0.4 is 9.47 Å². The Kier molecular flexibility index (Phi) is 9.46. The summed E-state index contributed by atoms with van der Waals surface area (Å²) in [6, 6.07) is 18.6. The molecule has 1 saturated heterocycles. The standard InChI is InChI=1S/C33H34Cl2N4O5/c1-20(2)44-28-17-26(43-4)13-14-27(28)32-36-30(22-5-9-24(34)10-6-22)31(23-7-11-25(35)12-8-23)39(32)33(42)38-16-15-37(18-21(3)40)29(41)19-38/h5-14,17,20,30-31H,15-16,18-19H2,1-4H3/t30-,31+/m1/s1. The molecule has 11 heteroatoms. The molecule has 0 saturated carbocycles. The monoisotopic (exact) mass is 636 g/mol. The van der Waals surface area contributed by atoms with Crippen molar-refractivity contribution in [2.45, 2.75) is 39.0 Å². The molecule has 0 aromatic heterocycles. The van der Waals surface area contributed by atoms with Crippen molar-refractivity contribution in [2.24, 2.45) is 4.99 Å². The fraction of sp³-hybridized carbons (Fsp3) is 0.333. The lowest BCUT2D eigenvalue weighted by Crippen LogP contribution is -2.57. The van der Waals surface area contributed by atoms with Crippen LogP contribution in [-0.2, 0) is 9.59 Å². The van der Waals surface area contributed by atoms with E-state index >= 15 is 0 Å². The van der Waals surface area contributed by atoms with Crippen LogP contribution >= 0.6 is 23.2 Å². The minimum Gasteiger partial charge on any atom is -0.497 e. The number of ketones is 1. The van der Waals surface area contributed by atoms with Crippen LogP contribution in [0.1, 0.15) is 49.5 Å². The largest absolute Gasteiger partial charge is 0.497 e. The minimum atomic E-state index is -0.588. The molecular weight excluding hydrogens is 603 g/mol. The van der Waals surface area contributed by atoms with Crippen LogP contribution in [-0.4, -0.2) is 77.6 Å². The number of piperazine rings is 1. The van der Waals surface area contributed by atoms with Gasteiger partial charge in [-0.2, -0.15) is 0 Å². The highest BCUT2D eigenvalue weighted by molar-refractivity contribution is 6.30. The van der Waals surface area contributed by atoms with Gasteiger partial charge in [0.25, 0.3) is 0 Å². The van der Waals surface area contributed by atoms with Gasteiger partial charge in [-0.3, -0.25) is 19.5 Å². The molecule has 0 aliphatic carbocycles. The number of carbonyl (C=O) groups is 3. The van der Waals surface area contributed by atoms with Gasteiger partial charge in [0.15, 0.2) is 0 Å². The van der Waals surface area contributed by atoms with Crippen LogP contribution in [0.15, 0.2) is 71.7 Å². The van der Waals surface area contributed by atoms with E-state index in [-0.39, 0.29) is 50.0 Å². The van der Waals surface area contributed by atoms with Gasteiger partial charge in [0.05, 0.1) is 31.4 Å². The summed E-state index contributed by atoms with van der Waals surface area (Å²) in [7, 11) is 1.58. The first kappa shape index (κ1) is 31.3. The third-order valence-corrected chi connectivity index (χ3v) is 7.99. The number of benzene rings is 3. The molecule has 0 N–H and O–H groups in total. The van der Waals surface area contributed by atoms with Crippen molar-refractivity contribution in [2.75, 3.05) is 33.3 Å². The summed E-state index contributed by atoms with van der Waals surface area (Å²) in [6.07, 6.45) is -0.168. The van der Waals surface area contributed by atoms with Crippen LogP contribution in [0.3, 0.4) is 0 Å². The summed E-state index contributed by atoms with van der Waals surface area (Å²) in [5.41, 5.74) is 2.26. The number of carbonyl (C=O) groups excluding carboxylic acids is 3. The molecule has 2 aliphatic rings. The SMILES string of the molecule is COc1ccc(C2=N[C@H](c3ccc(Cl)cc3)[C@H](c3ccc(Cl)cc3)N2C(=O)N2CCN(CC(C)=O)C(=O)C2)c(OC(C)C)c1. The van der Waals surface area contributed by atoms with Gasteiger partial charge in [-0.25, -0.2) is 4.79 Å². The summed E-state index contributed by atoms with van der Waals surface area (Å²) >= 11 is 12.5. The maximum Gasteiger partial charge on any atom is 0.326 e. The minimum absolute atomic E-state index is 0.0189. The van der Waals surface area contributed by atoms with E-state index in [0.29, 0.717) is 32.9 Å². The number of rotatable bonds is 8. The summed E-state index contributed by atoms with van der Waals surface area (Å²) in [6.45, 7) is 5.65. The summed E-state index contributed by atoms with van der Waals surface area (Å²) in [5, 5.41) is 1.14. The van der Waals surface area contributed by atoms with Gasteiger partial charge in [0.2, 0.25) is 5.91 Å². The Morgan fingerprint density at radius 1 is 0.955 bits per heavy atom. The number of amidine groups is 1. The van der Waals surface area contributed by atoms with Crippen LogP contribution in [0.2, 0.25) is 10.0 Å². The maximum absolute atomic E-state index is 14.6. The molecule has 9 nitrogen and oxygen atoms in total. The molecule has 2 aliphatic heterocycles. The number of aliphatic imine (C=N–C) groups is 1. The Morgan fingerprint density at radius 3 is 2.16 bits per heavy atom. The van der Waals surface area contributed by atoms with Crippen molar-refractivity contribution >= 4 is 46.8 Å². The van der Waals surface area contributed by atoms with Gasteiger partial charge in [-0.15, -0.1) is 0 Å². The van der Waals surface area contributed by atoms with Crippen LogP contribution in [0, 0.1) is 0 Å². The smallest absolute Gasteiger partial charge is 0.326 e. The Morgan fingerprint density at radius 2 is 1.59 bits per heavy atom. The second-order valence-electron chi connectivity index (χ2n) is 11.1. The van der Waals surface area contributed by atoms with Gasteiger partial charge in [0, 0.05) is 29.2 Å². The first-order chi connectivity index (χ1) is 21.0.